The van der Waals surface area contributed by atoms with Crippen LogP contribution in [0.25, 0.3) is 0 Å². The third kappa shape index (κ3) is 2.44. The summed E-state index contributed by atoms with van der Waals surface area (Å²) in [6, 6.07) is 6.59. The first kappa shape index (κ1) is 12.4. The van der Waals surface area contributed by atoms with Gasteiger partial charge in [-0.2, -0.15) is 11.8 Å². The Kier molecular flexibility index (Phi) is 4.28. The number of alkyl halides is 1. The number of thioether (sulfide) groups is 1. The molecule has 1 unspecified atom stereocenters. The topological polar surface area (TPSA) is 3.24 Å². The molecule has 0 spiro atoms. The zero-order chi connectivity index (χ0) is 11.5. The summed E-state index contributed by atoms with van der Waals surface area (Å²) in [5.74, 6) is 2.83. The summed E-state index contributed by atoms with van der Waals surface area (Å²) in [6.07, 6.45) is 0. The van der Waals surface area contributed by atoms with Crippen LogP contribution in [0.5, 0.6) is 0 Å². The van der Waals surface area contributed by atoms with Crippen molar-refractivity contribution < 1.29 is 0 Å². The van der Waals surface area contributed by atoms with Gasteiger partial charge in [-0.25, -0.2) is 0 Å². The van der Waals surface area contributed by atoms with E-state index in [2.05, 4.69) is 17.9 Å². The van der Waals surface area contributed by atoms with E-state index in [0.717, 1.165) is 17.1 Å². The van der Waals surface area contributed by atoms with Crippen molar-refractivity contribution in [3.63, 3.8) is 0 Å². The predicted molar refractivity (Wildman–Crippen MR) is 75.1 cm³/mol. The Hall–Kier alpha value is -0.0500. The lowest BCUT2D eigenvalue weighted by Crippen LogP contribution is -2.40. The van der Waals surface area contributed by atoms with Gasteiger partial charge in [0.25, 0.3) is 0 Å². The molecule has 16 heavy (non-hydrogen) atoms. The second-order valence-electron chi connectivity index (χ2n) is 3.99. The van der Waals surface area contributed by atoms with E-state index in [1.807, 2.05) is 23.9 Å². The molecule has 1 aromatic carbocycles. The van der Waals surface area contributed by atoms with Crippen LogP contribution in [0.15, 0.2) is 18.2 Å². The van der Waals surface area contributed by atoms with Gasteiger partial charge in [0.1, 0.15) is 0 Å². The smallest absolute Gasteiger partial charge is 0.0509 e. The van der Waals surface area contributed by atoms with E-state index in [1.165, 1.54) is 17.2 Å². The normalized spacial score (nSPS) is 21.2. The van der Waals surface area contributed by atoms with Gasteiger partial charge in [0.15, 0.2) is 0 Å². The highest BCUT2D eigenvalue weighted by molar-refractivity contribution is 7.99. The minimum absolute atomic E-state index is 0.478. The van der Waals surface area contributed by atoms with Gasteiger partial charge >= 0.3 is 0 Å². The first-order chi connectivity index (χ1) is 7.74. The number of rotatable bonds is 2. The monoisotopic (exact) mass is 275 g/mol. The van der Waals surface area contributed by atoms with Gasteiger partial charge in [0, 0.05) is 40.4 Å². The van der Waals surface area contributed by atoms with Crippen LogP contribution in [-0.2, 0) is 5.88 Å². The molecule has 0 aromatic heterocycles. The predicted octanol–water partition coefficient (Wildman–Crippen LogP) is 4.02. The van der Waals surface area contributed by atoms with Gasteiger partial charge in [-0.15, -0.1) is 11.6 Å². The third-order valence-corrected chi connectivity index (χ3v) is 4.72. The van der Waals surface area contributed by atoms with Crippen LogP contribution in [0.2, 0.25) is 5.02 Å². The molecule has 0 bridgehead atoms. The summed E-state index contributed by atoms with van der Waals surface area (Å²) in [6.45, 7) is 3.33. The fourth-order valence-corrected chi connectivity index (χ4v) is 3.63. The van der Waals surface area contributed by atoms with Crippen LogP contribution < -0.4 is 4.90 Å². The molecular weight excluding hydrogens is 261 g/mol. The lowest BCUT2D eigenvalue weighted by Gasteiger charge is -2.36. The highest BCUT2D eigenvalue weighted by atomic mass is 35.5. The molecule has 0 saturated carbocycles. The fourth-order valence-electron chi connectivity index (χ4n) is 2.03. The van der Waals surface area contributed by atoms with E-state index in [4.69, 9.17) is 23.2 Å². The molecule has 1 heterocycles. The van der Waals surface area contributed by atoms with Crippen molar-refractivity contribution >= 4 is 40.7 Å². The largest absolute Gasteiger partial charge is 0.367 e. The van der Waals surface area contributed by atoms with Crippen LogP contribution in [0.3, 0.4) is 0 Å². The van der Waals surface area contributed by atoms with Crippen molar-refractivity contribution in [1.29, 1.82) is 0 Å². The maximum atomic E-state index is 6.18. The molecule has 1 aromatic rings. The zero-order valence-electron chi connectivity index (χ0n) is 9.25. The van der Waals surface area contributed by atoms with E-state index in [0.29, 0.717) is 11.9 Å². The van der Waals surface area contributed by atoms with Crippen molar-refractivity contribution in [2.75, 3.05) is 23.0 Å². The summed E-state index contributed by atoms with van der Waals surface area (Å²) in [4.78, 5) is 2.42. The van der Waals surface area contributed by atoms with Gasteiger partial charge in [0.2, 0.25) is 0 Å². The Labute approximate surface area is 111 Å². The second kappa shape index (κ2) is 5.52. The molecule has 0 radical (unpaired) electrons. The van der Waals surface area contributed by atoms with Crippen LogP contribution in [0, 0.1) is 0 Å². The van der Waals surface area contributed by atoms with E-state index in [9.17, 15) is 0 Å². The molecule has 1 fully saturated rings. The van der Waals surface area contributed by atoms with Crippen molar-refractivity contribution in [2.24, 2.45) is 0 Å². The van der Waals surface area contributed by atoms with E-state index in [1.54, 1.807) is 0 Å². The van der Waals surface area contributed by atoms with Gasteiger partial charge in [-0.05, 0) is 19.1 Å². The van der Waals surface area contributed by atoms with Crippen LogP contribution in [0.4, 0.5) is 5.69 Å². The molecule has 1 saturated heterocycles. The minimum atomic E-state index is 0.478. The number of hydrogen-bond donors (Lipinski definition) is 0. The first-order valence-electron chi connectivity index (χ1n) is 5.41. The molecule has 1 nitrogen and oxygen atoms in total. The van der Waals surface area contributed by atoms with E-state index >= 15 is 0 Å². The van der Waals surface area contributed by atoms with E-state index < -0.39 is 0 Å². The molecule has 0 aliphatic carbocycles. The van der Waals surface area contributed by atoms with Crippen LogP contribution in [-0.4, -0.2) is 24.1 Å². The van der Waals surface area contributed by atoms with Gasteiger partial charge in [-0.1, -0.05) is 17.7 Å². The van der Waals surface area contributed by atoms with Gasteiger partial charge in [0.05, 0.1) is 5.88 Å². The van der Waals surface area contributed by atoms with E-state index in [-0.39, 0.29) is 0 Å². The number of hydrogen-bond acceptors (Lipinski definition) is 2. The summed E-state index contributed by atoms with van der Waals surface area (Å²) < 4.78 is 0. The third-order valence-electron chi connectivity index (χ3n) is 2.90. The Morgan fingerprint density at radius 3 is 3.00 bits per heavy atom. The Morgan fingerprint density at radius 2 is 2.31 bits per heavy atom. The van der Waals surface area contributed by atoms with Gasteiger partial charge in [-0.3, -0.25) is 0 Å². The Balaban J connectivity index is 2.34. The standard InChI is InChI=1S/C12H15Cl2NS/c1-9-8-16-6-5-15(9)12-4-2-3-11(14)10(12)7-13/h2-4,9H,5-8H2,1H3. The molecular formula is C12H15Cl2NS. The SMILES string of the molecule is CC1CSCCN1c1cccc(Cl)c1CCl. The van der Waals surface area contributed by atoms with Crippen molar-refractivity contribution in [3.05, 3.63) is 28.8 Å². The quantitative estimate of drug-likeness (QED) is 0.750. The van der Waals surface area contributed by atoms with Crippen molar-refractivity contribution in [3.8, 4) is 0 Å². The molecule has 1 aliphatic heterocycles. The lowest BCUT2D eigenvalue weighted by atomic mass is 10.1. The Morgan fingerprint density at radius 1 is 1.50 bits per heavy atom. The Bertz CT molecular complexity index is 370. The zero-order valence-corrected chi connectivity index (χ0v) is 11.6. The average molecular weight is 276 g/mol. The van der Waals surface area contributed by atoms with Crippen molar-refractivity contribution in [1.82, 2.24) is 0 Å². The van der Waals surface area contributed by atoms with Crippen molar-refractivity contribution in [2.45, 2.75) is 18.8 Å². The summed E-state index contributed by atoms with van der Waals surface area (Å²) in [5, 5.41) is 0.776. The maximum Gasteiger partial charge on any atom is 0.0509 e. The number of halogens is 2. The number of benzene rings is 1. The average Bonchev–Trinajstić information content (AvgIpc) is 2.29. The molecule has 1 aliphatic rings. The number of anilines is 1. The molecule has 0 N–H and O–H groups in total. The maximum absolute atomic E-state index is 6.18. The highest BCUT2D eigenvalue weighted by Gasteiger charge is 2.21. The highest BCUT2D eigenvalue weighted by Crippen LogP contribution is 2.32. The first-order valence-corrected chi connectivity index (χ1v) is 7.48. The molecule has 0 amide bonds. The summed E-state index contributed by atoms with van der Waals surface area (Å²) >= 11 is 14.2. The molecule has 2 rings (SSSR count). The minimum Gasteiger partial charge on any atom is -0.367 e. The lowest BCUT2D eigenvalue weighted by molar-refractivity contribution is 0.697. The summed E-state index contributed by atoms with van der Waals surface area (Å²) in [5.41, 5.74) is 2.26. The molecule has 1 atom stereocenters. The number of nitrogens with zero attached hydrogens (tertiary/aromatic N) is 1. The molecule has 4 heteroatoms. The van der Waals surface area contributed by atoms with Crippen LogP contribution in [0.1, 0.15) is 12.5 Å². The molecule has 88 valence electrons. The summed E-state index contributed by atoms with van der Waals surface area (Å²) in [7, 11) is 0. The van der Waals surface area contributed by atoms with Gasteiger partial charge < -0.3 is 4.90 Å². The second-order valence-corrected chi connectivity index (χ2v) is 5.81. The van der Waals surface area contributed by atoms with Crippen LogP contribution >= 0.6 is 35.0 Å². The fraction of sp³-hybridized carbons (Fsp3) is 0.500.